The lowest BCUT2D eigenvalue weighted by molar-refractivity contribution is -0.0487. The van der Waals surface area contributed by atoms with Crippen LogP contribution in [-0.4, -0.2) is 65.3 Å². The van der Waals surface area contributed by atoms with Crippen LogP contribution in [0, 0.1) is 0 Å². The van der Waals surface area contributed by atoms with Crippen LogP contribution < -0.4 is 9.47 Å². The second-order valence-electron chi connectivity index (χ2n) is 6.63. The van der Waals surface area contributed by atoms with Gasteiger partial charge >= 0.3 is 0 Å². The first-order valence-electron chi connectivity index (χ1n) is 7.88. The summed E-state index contributed by atoms with van der Waals surface area (Å²) in [6.45, 7) is 1.50. The van der Waals surface area contributed by atoms with Crippen LogP contribution in [0.1, 0.15) is 29.3 Å². The monoisotopic (exact) mass is 338 g/mol. The van der Waals surface area contributed by atoms with Gasteiger partial charge in [-0.1, -0.05) is 0 Å². The molecule has 1 fully saturated rings. The molecule has 0 radical (unpaired) electrons. The number of carbonyl (C=O) groups is 1. The first kappa shape index (κ1) is 17.2. The number of benzene rings is 1. The number of aliphatic hydroxyl groups excluding tert-OH is 3. The molecule has 24 heavy (non-hydrogen) atoms. The molecule has 0 aliphatic carbocycles. The smallest absolute Gasteiger partial charge is 0.153 e. The molecule has 7 heteroatoms. The predicted molar refractivity (Wildman–Crippen MR) is 83.5 cm³/mol. The fraction of sp³-hybridized carbons (Fsp3) is 0.588. The summed E-state index contributed by atoms with van der Waals surface area (Å²) in [6, 6.07) is 3.44. The van der Waals surface area contributed by atoms with Crippen LogP contribution in [-0.2, 0) is 11.2 Å². The summed E-state index contributed by atoms with van der Waals surface area (Å²) in [4.78, 5) is 11.3. The van der Waals surface area contributed by atoms with Crippen molar-refractivity contribution in [3.05, 3.63) is 23.3 Å². The van der Waals surface area contributed by atoms with Crippen LogP contribution in [0.3, 0.4) is 0 Å². The van der Waals surface area contributed by atoms with Crippen LogP contribution in [0.4, 0.5) is 0 Å². The number of aldehydes is 1. The maximum absolute atomic E-state index is 11.3. The van der Waals surface area contributed by atoms with Crippen LogP contribution in [0.5, 0.6) is 11.5 Å². The van der Waals surface area contributed by atoms with Crippen LogP contribution >= 0.6 is 0 Å². The second kappa shape index (κ2) is 6.33. The van der Waals surface area contributed by atoms with E-state index in [1.165, 1.54) is 7.11 Å². The molecule has 132 valence electrons. The van der Waals surface area contributed by atoms with Gasteiger partial charge in [-0.2, -0.15) is 0 Å². The van der Waals surface area contributed by atoms with Crippen LogP contribution in [0.25, 0.3) is 0 Å². The maximum atomic E-state index is 11.3. The van der Waals surface area contributed by atoms with Gasteiger partial charge in [0, 0.05) is 18.4 Å². The molecule has 1 aromatic rings. The summed E-state index contributed by atoms with van der Waals surface area (Å²) in [6.07, 6.45) is -2.12. The third kappa shape index (κ3) is 2.88. The lowest BCUT2D eigenvalue weighted by Crippen LogP contribution is -2.40. The van der Waals surface area contributed by atoms with Crippen LogP contribution in [0.15, 0.2) is 12.1 Å². The highest BCUT2D eigenvalue weighted by Crippen LogP contribution is 2.43. The first-order chi connectivity index (χ1) is 11.4. The van der Waals surface area contributed by atoms with Crippen molar-refractivity contribution in [3.63, 3.8) is 0 Å². The minimum atomic E-state index is -1.13. The van der Waals surface area contributed by atoms with E-state index in [1.54, 1.807) is 6.07 Å². The summed E-state index contributed by atoms with van der Waals surface area (Å²) < 4.78 is 16.7. The van der Waals surface area contributed by atoms with Gasteiger partial charge in [0.1, 0.15) is 35.4 Å². The minimum Gasteiger partial charge on any atom is -0.497 e. The molecule has 0 aromatic heterocycles. The standard InChI is InChI=1S/C17H22O7/c1-17(6-12-14(20)15(21)13(8-19)23-12)5-9-3-11(22-2)4-10(7-18)16(9)24-17/h3-4,7,12-15,19-21H,5-6,8H2,1-2H3/t12-,13-,14+,15-,17?/m1/s1. The zero-order valence-corrected chi connectivity index (χ0v) is 13.6. The number of hydrogen-bond acceptors (Lipinski definition) is 7. The molecular formula is C17H22O7. The third-order valence-corrected chi connectivity index (χ3v) is 4.72. The van der Waals surface area contributed by atoms with Gasteiger partial charge in [-0.15, -0.1) is 0 Å². The maximum Gasteiger partial charge on any atom is 0.153 e. The Balaban J connectivity index is 1.80. The third-order valence-electron chi connectivity index (χ3n) is 4.72. The van der Waals surface area contributed by atoms with Crippen molar-refractivity contribution < 1.29 is 34.3 Å². The molecule has 5 atom stereocenters. The average Bonchev–Trinajstić information content (AvgIpc) is 3.04. The summed E-state index contributed by atoms with van der Waals surface area (Å²) in [5.74, 6) is 1.09. The number of aliphatic hydroxyl groups is 3. The summed E-state index contributed by atoms with van der Waals surface area (Å²) in [7, 11) is 1.53. The van der Waals surface area contributed by atoms with Gasteiger partial charge in [-0.3, -0.25) is 4.79 Å². The molecule has 0 amide bonds. The molecule has 2 heterocycles. The normalized spacial score (nSPS) is 34.7. The number of ether oxygens (including phenoxy) is 3. The number of hydrogen-bond donors (Lipinski definition) is 3. The highest BCUT2D eigenvalue weighted by atomic mass is 16.6. The van der Waals surface area contributed by atoms with Crippen molar-refractivity contribution in [1.29, 1.82) is 0 Å². The van der Waals surface area contributed by atoms with E-state index in [0.717, 1.165) is 11.8 Å². The van der Waals surface area contributed by atoms with E-state index in [2.05, 4.69) is 0 Å². The topological polar surface area (TPSA) is 105 Å². The number of carbonyl (C=O) groups excluding carboxylic acids is 1. The minimum absolute atomic E-state index is 0.316. The summed E-state index contributed by atoms with van der Waals surface area (Å²) in [5, 5.41) is 29.2. The highest BCUT2D eigenvalue weighted by Gasteiger charge is 2.47. The Morgan fingerprint density at radius 1 is 1.33 bits per heavy atom. The molecule has 2 aliphatic rings. The van der Waals surface area contributed by atoms with E-state index in [4.69, 9.17) is 14.2 Å². The number of methoxy groups -OCH3 is 1. The quantitative estimate of drug-likeness (QED) is 0.653. The molecule has 0 bridgehead atoms. The Morgan fingerprint density at radius 2 is 2.04 bits per heavy atom. The van der Waals surface area contributed by atoms with E-state index in [0.29, 0.717) is 29.9 Å². The molecule has 2 aliphatic heterocycles. The second-order valence-corrected chi connectivity index (χ2v) is 6.63. The van der Waals surface area contributed by atoms with E-state index in [1.807, 2.05) is 13.0 Å². The summed E-state index contributed by atoms with van der Waals surface area (Å²) in [5.41, 5.74) is 0.572. The fourth-order valence-corrected chi connectivity index (χ4v) is 3.51. The van der Waals surface area contributed by atoms with Gasteiger partial charge in [0.05, 0.1) is 25.4 Å². The number of fused-ring (bicyclic) bond motifs is 1. The van der Waals surface area contributed by atoms with Gasteiger partial charge in [-0.05, 0) is 19.1 Å². The first-order valence-corrected chi connectivity index (χ1v) is 7.88. The zero-order valence-electron chi connectivity index (χ0n) is 13.6. The Kier molecular flexibility index (Phi) is 4.52. The van der Waals surface area contributed by atoms with Gasteiger partial charge in [0.25, 0.3) is 0 Å². The van der Waals surface area contributed by atoms with Crippen molar-refractivity contribution in [3.8, 4) is 11.5 Å². The van der Waals surface area contributed by atoms with Gasteiger partial charge < -0.3 is 29.5 Å². The predicted octanol–water partition coefficient (Wildman–Crippen LogP) is 0.0729. The highest BCUT2D eigenvalue weighted by molar-refractivity contribution is 5.82. The SMILES string of the molecule is COc1cc(C=O)c2c(c1)CC(C)(C[C@H]1O[C@H](CO)[C@@H](O)[C@H]1O)O2. The molecule has 3 rings (SSSR count). The van der Waals surface area contributed by atoms with Gasteiger partial charge in [0.2, 0.25) is 0 Å². The number of rotatable bonds is 5. The molecule has 1 aromatic carbocycles. The Labute approximate surface area is 139 Å². The molecular weight excluding hydrogens is 316 g/mol. The molecule has 0 spiro atoms. The van der Waals surface area contributed by atoms with Gasteiger partial charge in [0.15, 0.2) is 6.29 Å². The van der Waals surface area contributed by atoms with Crippen molar-refractivity contribution in [2.75, 3.05) is 13.7 Å². The largest absolute Gasteiger partial charge is 0.497 e. The van der Waals surface area contributed by atoms with Gasteiger partial charge in [-0.25, -0.2) is 0 Å². The molecule has 3 N–H and O–H groups in total. The van der Waals surface area contributed by atoms with Crippen molar-refractivity contribution in [2.45, 2.75) is 49.8 Å². The molecule has 7 nitrogen and oxygen atoms in total. The van der Waals surface area contributed by atoms with E-state index >= 15 is 0 Å². The van der Waals surface area contributed by atoms with E-state index in [9.17, 15) is 20.1 Å². The lowest BCUT2D eigenvalue weighted by atomic mass is 9.90. The Bertz CT molecular complexity index is 632. The Hall–Kier alpha value is -1.67. The van der Waals surface area contributed by atoms with Crippen molar-refractivity contribution in [2.24, 2.45) is 0 Å². The van der Waals surface area contributed by atoms with Crippen LogP contribution in [0.2, 0.25) is 0 Å². The van der Waals surface area contributed by atoms with Crippen molar-refractivity contribution in [1.82, 2.24) is 0 Å². The fourth-order valence-electron chi connectivity index (χ4n) is 3.51. The zero-order chi connectivity index (χ0) is 17.5. The van der Waals surface area contributed by atoms with E-state index < -0.39 is 30.0 Å². The lowest BCUT2D eigenvalue weighted by Gasteiger charge is -2.28. The summed E-state index contributed by atoms with van der Waals surface area (Å²) >= 11 is 0. The van der Waals surface area contributed by atoms with E-state index in [-0.39, 0.29) is 6.61 Å². The van der Waals surface area contributed by atoms with Crippen molar-refractivity contribution >= 4 is 6.29 Å². The molecule has 0 saturated carbocycles. The average molecular weight is 338 g/mol. The Morgan fingerprint density at radius 3 is 2.62 bits per heavy atom. The molecule has 1 saturated heterocycles. The molecule has 1 unspecified atom stereocenters.